The average Bonchev–Trinajstić information content (AvgIpc) is 3.62. The minimum atomic E-state index is -3.84. The van der Waals surface area contributed by atoms with Gasteiger partial charge in [-0.25, -0.2) is 4.57 Å². The van der Waals surface area contributed by atoms with Gasteiger partial charge < -0.3 is 59.0 Å². The summed E-state index contributed by atoms with van der Waals surface area (Å²) in [5.74, 6) is 6.08. The van der Waals surface area contributed by atoms with E-state index in [1.54, 1.807) is 56.9 Å². The molecule has 0 saturated heterocycles. The highest BCUT2D eigenvalue weighted by atomic mass is 32.7. The standard InChI is InChI=1S/C54H115O17P7S7/c1-40(2)26-58-72(59-27-41(3)4)80-34-48(17)67-77(68-49(18)35-81-73(60-28-42(5)6)61-29-43(7)8)84-36-50(19)66-76(79-25-24-54(55)57-23)69-51(20)39-85-78(56,70-52(21)37-82-74(62-30-44(9)10)63-31-45(11)12)71-53(22)38-83-75(64-32-46(13)14)65-33-47(15)16/h40-53H,24-39H2,1-23H3. The molecule has 0 bridgehead atoms. The molecule has 0 aliphatic carbocycles. The fourth-order valence-electron chi connectivity index (χ4n) is 4.93. The fraction of sp³-hybridized carbons (Fsp3) is 0.981. The van der Waals surface area contributed by atoms with Crippen molar-refractivity contribution in [2.45, 2.75) is 195 Å². The summed E-state index contributed by atoms with van der Waals surface area (Å²) >= 11 is 10.5. The van der Waals surface area contributed by atoms with Crippen molar-refractivity contribution in [3.63, 3.8) is 0 Å². The maximum atomic E-state index is 15.1. The van der Waals surface area contributed by atoms with Crippen LogP contribution in [-0.4, -0.2) is 143 Å². The molecule has 0 aliphatic heterocycles. The van der Waals surface area contributed by atoms with Crippen LogP contribution in [0.1, 0.15) is 159 Å². The second kappa shape index (κ2) is 54.2. The number of ether oxygens (including phenoxy) is 1. The number of hydrogen-bond acceptors (Lipinski definition) is 24. The molecule has 0 aromatic heterocycles. The predicted octanol–water partition coefficient (Wildman–Crippen LogP) is 22.0. The zero-order chi connectivity index (χ0) is 64.5. The molecule has 31 heteroatoms. The first kappa shape index (κ1) is 89.2. The highest BCUT2D eigenvalue weighted by molar-refractivity contribution is 8.55. The SMILES string of the molecule is COC(=O)CCSP(OC(C)CSP(OC(C)CSP(OCC(C)C)OCC(C)C)OC(C)CSP(OCC(C)C)OCC(C)C)OC(C)CSP(=O)(OC(C)CSP(OCC(C)C)OCC(C)C)OC(C)CSP(OCC(C)C)OCC(C)C. The predicted molar refractivity (Wildman–Crippen MR) is 383 cm³/mol. The number of esters is 1. The summed E-state index contributed by atoms with van der Waals surface area (Å²) < 4.78 is 110. The van der Waals surface area contributed by atoms with Gasteiger partial charge in [0.25, 0.3) is 0 Å². The molecule has 85 heavy (non-hydrogen) atoms. The van der Waals surface area contributed by atoms with Crippen LogP contribution in [0.15, 0.2) is 0 Å². The summed E-state index contributed by atoms with van der Waals surface area (Å²) in [7, 11) is -6.53. The van der Waals surface area contributed by atoms with Crippen molar-refractivity contribution >= 4 is 138 Å². The third-order valence-electron chi connectivity index (χ3n) is 9.06. The first-order chi connectivity index (χ1) is 39.9. The average molecular weight is 1480 g/mol. The van der Waals surface area contributed by atoms with E-state index < -0.39 is 70.6 Å². The van der Waals surface area contributed by atoms with Crippen LogP contribution in [0.3, 0.4) is 0 Å². The van der Waals surface area contributed by atoms with Gasteiger partial charge in [0, 0.05) is 40.3 Å². The van der Waals surface area contributed by atoms with Gasteiger partial charge in [-0.3, -0.25) is 13.8 Å². The first-order valence-corrected chi connectivity index (χ1v) is 49.6. The zero-order valence-corrected chi connectivity index (χ0v) is 67.8. The highest BCUT2D eigenvalue weighted by Crippen LogP contribution is 2.65. The molecule has 510 valence electrons. The summed E-state index contributed by atoms with van der Waals surface area (Å²) in [4.78, 5) is 12.3. The quantitative estimate of drug-likeness (QED) is 0.0415. The van der Waals surface area contributed by atoms with E-state index in [0.29, 0.717) is 135 Å². The van der Waals surface area contributed by atoms with Gasteiger partial charge in [-0.1, -0.05) is 179 Å². The summed E-state index contributed by atoms with van der Waals surface area (Å²) in [6.07, 6.45) is -1.88. The van der Waals surface area contributed by atoms with Crippen molar-refractivity contribution in [2.75, 3.05) is 100 Å². The Morgan fingerprint density at radius 2 is 0.553 bits per heavy atom. The van der Waals surface area contributed by atoms with E-state index in [-0.39, 0.29) is 36.5 Å². The van der Waals surface area contributed by atoms with Gasteiger partial charge in [0.1, 0.15) is 0 Å². The summed E-state index contributed by atoms with van der Waals surface area (Å²) in [5.41, 5.74) is 0. The third-order valence-corrected chi connectivity index (χ3v) is 33.0. The Bertz CT molecular complexity index is 1530. The molecule has 0 N–H and O–H groups in total. The van der Waals surface area contributed by atoms with E-state index in [1.165, 1.54) is 18.5 Å². The minimum absolute atomic E-state index is 0.175. The van der Waals surface area contributed by atoms with Gasteiger partial charge in [-0.2, -0.15) is 0 Å². The highest BCUT2D eigenvalue weighted by Gasteiger charge is 2.34. The molecule has 0 amide bonds. The number of rotatable bonds is 58. The van der Waals surface area contributed by atoms with Crippen LogP contribution in [0, 0.1) is 47.3 Å². The van der Waals surface area contributed by atoms with Crippen LogP contribution >= 0.6 is 132 Å². The van der Waals surface area contributed by atoms with Crippen LogP contribution in [0.25, 0.3) is 0 Å². The van der Waals surface area contributed by atoms with Crippen molar-refractivity contribution in [1.29, 1.82) is 0 Å². The van der Waals surface area contributed by atoms with E-state index in [2.05, 4.69) is 125 Å². The lowest BCUT2D eigenvalue weighted by molar-refractivity contribution is -0.140. The molecule has 0 rings (SSSR count). The molecule has 17 nitrogen and oxygen atoms in total. The van der Waals surface area contributed by atoms with Gasteiger partial charge in [0.2, 0.25) is 45.5 Å². The molecule has 0 saturated carbocycles. The Morgan fingerprint density at radius 1 is 0.329 bits per heavy atom. The fourth-order valence-corrected chi connectivity index (χ4v) is 29.5. The Labute approximate surface area is 554 Å². The largest absolute Gasteiger partial charge is 0.469 e. The zero-order valence-electron chi connectivity index (χ0n) is 55.8. The van der Waals surface area contributed by atoms with E-state index in [4.69, 9.17) is 68.1 Å². The number of carbonyl (C=O) groups is 1. The van der Waals surface area contributed by atoms with Crippen molar-refractivity contribution in [3.05, 3.63) is 0 Å². The van der Waals surface area contributed by atoms with E-state index in [0.717, 1.165) is 11.4 Å². The van der Waals surface area contributed by atoms with Crippen LogP contribution in [0.4, 0.5) is 0 Å². The topological polar surface area (TPSA) is 173 Å². The van der Waals surface area contributed by atoms with Crippen LogP contribution < -0.4 is 0 Å². The lowest BCUT2D eigenvalue weighted by atomic mass is 10.2. The lowest BCUT2D eigenvalue weighted by Gasteiger charge is -2.28. The van der Waals surface area contributed by atoms with Gasteiger partial charge in [0.05, 0.1) is 103 Å². The van der Waals surface area contributed by atoms with Gasteiger partial charge in [-0.15, -0.1) is 0 Å². The van der Waals surface area contributed by atoms with Crippen molar-refractivity contribution < 1.29 is 77.4 Å². The number of methoxy groups -OCH3 is 1. The number of carbonyl (C=O) groups excluding carboxylic acids is 1. The monoisotopic (exact) mass is 1480 g/mol. The molecule has 0 aliphatic rings. The molecule has 7 unspecified atom stereocenters. The van der Waals surface area contributed by atoms with Gasteiger partial charge >= 0.3 is 12.8 Å². The number of hydrogen-bond donors (Lipinski definition) is 0. The minimum Gasteiger partial charge on any atom is -0.469 e. The van der Waals surface area contributed by atoms with E-state index in [9.17, 15) is 4.79 Å². The first-order valence-electron chi connectivity index (χ1n) is 29.8. The molecular formula is C54H115O17P7S7. The van der Waals surface area contributed by atoms with Crippen LogP contribution in [0.5, 0.6) is 0 Å². The Morgan fingerprint density at radius 3 is 0.800 bits per heavy atom. The molecular weight excluding hydrogens is 1360 g/mol. The van der Waals surface area contributed by atoms with E-state index in [1.807, 2.05) is 27.7 Å². The molecule has 0 fully saturated rings. The van der Waals surface area contributed by atoms with Gasteiger partial charge in [-0.05, 0) is 100 Å². The van der Waals surface area contributed by atoms with Gasteiger partial charge in [0.15, 0.2) is 0 Å². The van der Waals surface area contributed by atoms with Crippen molar-refractivity contribution in [3.8, 4) is 0 Å². The molecule has 0 heterocycles. The molecule has 0 spiro atoms. The normalized spacial score (nSPS) is 16.4. The van der Waals surface area contributed by atoms with Crippen LogP contribution in [0.2, 0.25) is 0 Å². The smallest absolute Gasteiger partial charge is 0.389 e. The summed E-state index contributed by atoms with van der Waals surface area (Å²) in [6, 6.07) is 0. The third kappa shape index (κ3) is 54.9. The Kier molecular flexibility index (Phi) is 56.9. The molecule has 7 atom stereocenters. The Balaban J connectivity index is 6.61. The maximum Gasteiger partial charge on any atom is 0.389 e. The molecule has 0 aromatic carbocycles. The molecule has 0 radical (unpaired) electrons. The summed E-state index contributed by atoms with van der Waals surface area (Å²) in [5, 5.41) is 0. The summed E-state index contributed by atoms with van der Waals surface area (Å²) in [6.45, 7) is 46.8. The maximum absolute atomic E-state index is 15.1. The van der Waals surface area contributed by atoms with Crippen LogP contribution in [-0.2, 0) is 77.4 Å². The Hall–Kier alpha value is 4.17. The lowest BCUT2D eigenvalue weighted by Crippen LogP contribution is -2.17. The molecule has 0 aromatic rings. The van der Waals surface area contributed by atoms with E-state index >= 15 is 4.57 Å². The second-order valence-corrected chi connectivity index (χ2v) is 47.0. The van der Waals surface area contributed by atoms with Crippen molar-refractivity contribution in [2.24, 2.45) is 47.3 Å². The second-order valence-electron chi connectivity index (χ2n) is 23.7. The van der Waals surface area contributed by atoms with Crippen molar-refractivity contribution in [1.82, 2.24) is 0 Å².